The molecule has 1 aliphatic rings. The van der Waals surface area contributed by atoms with Crippen LogP contribution in [0.2, 0.25) is 5.02 Å². The van der Waals surface area contributed by atoms with Crippen molar-refractivity contribution in [2.24, 2.45) is 0 Å². The van der Waals surface area contributed by atoms with Crippen LogP contribution in [0.5, 0.6) is 0 Å². The molecule has 1 fully saturated rings. The summed E-state index contributed by atoms with van der Waals surface area (Å²) in [5.74, 6) is 0. The SMILES string of the molecule is Cc1nn(CCC(CO)NC2CC2)c(C)c1Cl. The molecule has 0 spiro atoms. The van der Waals surface area contributed by atoms with Crippen molar-refractivity contribution in [3.05, 3.63) is 16.4 Å². The molecule has 96 valence electrons. The van der Waals surface area contributed by atoms with Crippen molar-refractivity contribution in [3.8, 4) is 0 Å². The zero-order valence-corrected chi connectivity index (χ0v) is 11.2. The van der Waals surface area contributed by atoms with E-state index in [1.165, 1.54) is 12.8 Å². The molecule has 5 heteroatoms. The molecule has 1 aliphatic carbocycles. The van der Waals surface area contributed by atoms with E-state index in [2.05, 4.69) is 10.4 Å². The van der Waals surface area contributed by atoms with Gasteiger partial charge in [0.1, 0.15) is 0 Å². The minimum Gasteiger partial charge on any atom is -0.395 e. The van der Waals surface area contributed by atoms with Gasteiger partial charge >= 0.3 is 0 Å². The molecule has 1 aromatic heterocycles. The summed E-state index contributed by atoms with van der Waals surface area (Å²) >= 11 is 6.09. The minimum atomic E-state index is 0.171. The smallest absolute Gasteiger partial charge is 0.0844 e. The number of nitrogens with one attached hydrogen (secondary N) is 1. The highest BCUT2D eigenvalue weighted by Gasteiger charge is 2.24. The molecule has 17 heavy (non-hydrogen) atoms. The van der Waals surface area contributed by atoms with Crippen LogP contribution in [0.1, 0.15) is 30.7 Å². The quantitative estimate of drug-likeness (QED) is 0.815. The number of aryl methyl sites for hydroxylation is 2. The van der Waals surface area contributed by atoms with Gasteiger partial charge in [-0.25, -0.2) is 0 Å². The average Bonchev–Trinajstić information content (AvgIpc) is 3.10. The lowest BCUT2D eigenvalue weighted by Gasteiger charge is -2.16. The van der Waals surface area contributed by atoms with Crippen molar-refractivity contribution in [2.45, 2.75) is 51.7 Å². The third-order valence-electron chi connectivity index (χ3n) is 3.25. The monoisotopic (exact) mass is 257 g/mol. The minimum absolute atomic E-state index is 0.171. The molecule has 0 amide bonds. The average molecular weight is 258 g/mol. The molecule has 1 unspecified atom stereocenters. The second-order valence-corrected chi connectivity index (χ2v) is 5.20. The first-order valence-corrected chi connectivity index (χ1v) is 6.56. The molecule has 1 aromatic rings. The predicted octanol–water partition coefficient (Wildman–Crippen LogP) is 1.66. The van der Waals surface area contributed by atoms with Crippen LogP contribution >= 0.6 is 11.6 Å². The van der Waals surface area contributed by atoms with Gasteiger partial charge in [-0.05, 0) is 33.1 Å². The van der Waals surface area contributed by atoms with Gasteiger partial charge in [0.15, 0.2) is 0 Å². The Morgan fingerprint density at radius 3 is 2.71 bits per heavy atom. The number of hydrogen-bond donors (Lipinski definition) is 2. The molecule has 2 rings (SSSR count). The molecule has 1 saturated carbocycles. The van der Waals surface area contributed by atoms with Crippen molar-refractivity contribution < 1.29 is 5.11 Å². The van der Waals surface area contributed by atoms with Gasteiger partial charge in [0.25, 0.3) is 0 Å². The predicted molar refractivity (Wildman–Crippen MR) is 68.4 cm³/mol. The fourth-order valence-corrected chi connectivity index (χ4v) is 2.12. The summed E-state index contributed by atoms with van der Waals surface area (Å²) < 4.78 is 1.93. The van der Waals surface area contributed by atoms with E-state index < -0.39 is 0 Å². The van der Waals surface area contributed by atoms with Crippen molar-refractivity contribution in [3.63, 3.8) is 0 Å². The highest BCUT2D eigenvalue weighted by molar-refractivity contribution is 6.31. The van der Waals surface area contributed by atoms with Crippen LogP contribution in [0, 0.1) is 13.8 Å². The number of aromatic nitrogens is 2. The number of aliphatic hydroxyl groups excluding tert-OH is 1. The molecule has 0 bridgehead atoms. The van der Waals surface area contributed by atoms with E-state index in [0.29, 0.717) is 6.04 Å². The van der Waals surface area contributed by atoms with Crippen LogP contribution in [-0.2, 0) is 6.54 Å². The molecule has 1 atom stereocenters. The van der Waals surface area contributed by atoms with Crippen molar-refractivity contribution in [2.75, 3.05) is 6.61 Å². The maximum atomic E-state index is 9.29. The molecule has 0 aromatic carbocycles. The van der Waals surface area contributed by atoms with Crippen LogP contribution < -0.4 is 5.32 Å². The largest absolute Gasteiger partial charge is 0.395 e. The normalized spacial score (nSPS) is 17.4. The summed E-state index contributed by atoms with van der Waals surface area (Å²) in [6.45, 7) is 4.87. The number of halogens is 1. The Morgan fingerprint density at radius 2 is 2.24 bits per heavy atom. The van der Waals surface area contributed by atoms with Gasteiger partial charge < -0.3 is 10.4 Å². The fourth-order valence-electron chi connectivity index (χ4n) is 1.98. The van der Waals surface area contributed by atoms with Gasteiger partial charge in [0, 0.05) is 18.6 Å². The van der Waals surface area contributed by atoms with E-state index in [-0.39, 0.29) is 12.6 Å². The molecule has 0 saturated heterocycles. The molecular weight excluding hydrogens is 238 g/mol. The fraction of sp³-hybridized carbons (Fsp3) is 0.750. The first-order valence-electron chi connectivity index (χ1n) is 6.18. The number of hydrogen-bond acceptors (Lipinski definition) is 3. The van der Waals surface area contributed by atoms with Gasteiger partial charge in [-0.1, -0.05) is 11.6 Å². The lowest BCUT2D eigenvalue weighted by Crippen LogP contribution is -2.35. The van der Waals surface area contributed by atoms with Gasteiger partial charge in [0.05, 0.1) is 23.0 Å². The van der Waals surface area contributed by atoms with Crippen LogP contribution in [0.15, 0.2) is 0 Å². The number of rotatable bonds is 6. The maximum absolute atomic E-state index is 9.29. The Labute approximate surface area is 107 Å². The van der Waals surface area contributed by atoms with Gasteiger partial charge in [-0.15, -0.1) is 0 Å². The Hall–Kier alpha value is -0.580. The van der Waals surface area contributed by atoms with Crippen molar-refractivity contribution in [1.82, 2.24) is 15.1 Å². The molecule has 4 nitrogen and oxygen atoms in total. The first kappa shape index (κ1) is 12.9. The second kappa shape index (κ2) is 5.38. The van der Waals surface area contributed by atoms with E-state index in [1.807, 2.05) is 18.5 Å². The van der Waals surface area contributed by atoms with Gasteiger partial charge in [-0.2, -0.15) is 5.10 Å². The zero-order valence-electron chi connectivity index (χ0n) is 10.4. The van der Waals surface area contributed by atoms with E-state index in [4.69, 9.17) is 11.6 Å². The molecule has 1 heterocycles. The Kier molecular flexibility index (Phi) is 4.07. The lowest BCUT2D eigenvalue weighted by molar-refractivity contribution is 0.228. The van der Waals surface area contributed by atoms with Crippen molar-refractivity contribution in [1.29, 1.82) is 0 Å². The van der Waals surface area contributed by atoms with Crippen LogP contribution in [0.25, 0.3) is 0 Å². The van der Waals surface area contributed by atoms with Crippen LogP contribution in [0.4, 0.5) is 0 Å². The summed E-state index contributed by atoms with van der Waals surface area (Å²) in [5.41, 5.74) is 1.88. The third-order valence-corrected chi connectivity index (χ3v) is 3.80. The molecule has 2 N–H and O–H groups in total. The summed E-state index contributed by atoms with van der Waals surface area (Å²) in [6.07, 6.45) is 3.36. The molecular formula is C12H20ClN3O. The Morgan fingerprint density at radius 1 is 1.53 bits per heavy atom. The van der Waals surface area contributed by atoms with Gasteiger partial charge in [0.2, 0.25) is 0 Å². The summed E-state index contributed by atoms with van der Waals surface area (Å²) in [6, 6.07) is 0.793. The molecule has 0 radical (unpaired) electrons. The van der Waals surface area contributed by atoms with Crippen LogP contribution in [-0.4, -0.2) is 33.6 Å². The van der Waals surface area contributed by atoms with E-state index >= 15 is 0 Å². The van der Waals surface area contributed by atoms with E-state index in [9.17, 15) is 5.11 Å². The Balaban J connectivity index is 1.88. The Bertz CT molecular complexity index is 387. The summed E-state index contributed by atoms with van der Waals surface area (Å²) in [7, 11) is 0. The van der Waals surface area contributed by atoms with Crippen molar-refractivity contribution >= 4 is 11.6 Å². The summed E-state index contributed by atoms with van der Waals surface area (Å²) in [4.78, 5) is 0. The highest BCUT2D eigenvalue weighted by Crippen LogP contribution is 2.21. The highest BCUT2D eigenvalue weighted by atomic mass is 35.5. The van der Waals surface area contributed by atoms with E-state index in [0.717, 1.165) is 29.4 Å². The topological polar surface area (TPSA) is 50.1 Å². The second-order valence-electron chi connectivity index (χ2n) is 4.82. The third kappa shape index (κ3) is 3.21. The standard InChI is InChI=1S/C12H20ClN3O/c1-8-12(13)9(2)16(15-8)6-5-11(7-17)14-10-3-4-10/h10-11,14,17H,3-7H2,1-2H3. The zero-order chi connectivity index (χ0) is 12.4. The van der Waals surface area contributed by atoms with E-state index in [1.54, 1.807) is 0 Å². The maximum Gasteiger partial charge on any atom is 0.0844 e. The first-order chi connectivity index (χ1) is 8.11. The number of nitrogens with zero attached hydrogens (tertiary/aromatic N) is 2. The lowest BCUT2D eigenvalue weighted by atomic mass is 10.2. The van der Waals surface area contributed by atoms with Gasteiger partial charge in [-0.3, -0.25) is 4.68 Å². The number of aliphatic hydroxyl groups is 1. The van der Waals surface area contributed by atoms with Crippen LogP contribution in [0.3, 0.4) is 0 Å². The summed E-state index contributed by atoms with van der Waals surface area (Å²) in [5, 5.41) is 17.9. The molecule has 0 aliphatic heterocycles.